The molecule has 7 unspecified atom stereocenters. The van der Waals surface area contributed by atoms with E-state index in [9.17, 15) is 9.59 Å². The van der Waals surface area contributed by atoms with E-state index in [0.717, 1.165) is 58.2 Å². The van der Waals surface area contributed by atoms with Crippen molar-refractivity contribution < 1.29 is 18.4 Å². The fourth-order valence-corrected chi connectivity index (χ4v) is 8.66. The Labute approximate surface area is 262 Å². The second-order valence-corrected chi connectivity index (χ2v) is 14.1. The Balaban J connectivity index is 1.25. The van der Waals surface area contributed by atoms with E-state index >= 15 is 8.78 Å². The van der Waals surface area contributed by atoms with Gasteiger partial charge in [0, 0.05) is 57.6 Å². The maximum Gasteiger partial charge on any atom is 0.232 e. The number of halogens is 2. The first-order valence-corrected chi connectivity index (χ1v) is 17.2. The molecule has 0 aromatic heterocycles. The van der Waals surface area contributed by atoms with E-state index in [1.54, 1.807) is 6.92 Å². The molecular formula is C32H56F2N8O2. The molecule has 0 aromatic rings. The van der Waals surface area contributed by atoms with Gasteiger partial charge in [0.25, 0.3) is 0 Å². The number of aliphatic imine (C=N–C) groups is 1. The number of hydrogen-bond donors (Lipinski definition) is 4. The van der Waals surface area contributed by atoms with Crippen LogP contribution in [0, 0.1) is 17.3 Å². The summed E-state index contributed by atoms with van der Waals surface area (Å²) in [4.78, 5) is 38.4. The molecule has 5 rings (SSSR count). The number of carbonyl (C=O) groups excluding carboxylic acids is 2. The van der Waals surface area contributed by atoms with Gasteiger partial charge in [-0.2, -0.15) is 0 Å². The zero-order chi connectivity index (χ0) is 31.4. The molecule has 0 aliphatic carbocycles. The van der Waals surface area contributed by atoms with Gasteiger partial charge in [0.05, 0.1) is 30.2 Å². The van der Waals surface area contributed by atoms with Crippen LogP contribution >= 0.6 is 0 Å². The van der Waals surface area contributed by atoms with Crippen LogP contribution in [-0.4, -0.2) is 134 Å². The van der Waals surface area contributed by atoms with Crippen LogP contribution < -0.4 is 21.7 Å². The summed E-state index contributed by atoms with van der Waals surface area (Å²) in [5.74, 6) is -0.578. The molecule has 5 aliphatic heterocycles. The summed E-state index contributed by atoms with van der Waals surface area (Å²) in [5, 5.41) is 9.72. The van der Waals surface area contributed by atoms with E-state index in [4.69, 9.17) is 5.73 Å². The Hall–Kier alpha value is -1.73. The molecule has 44 heavy (non-hydrogen) atoms. The van der Waals surface area contributed by atoms with E-state index in [2.05, 4.69) is 44.6 Å². The fraction of sp³-hybridized carbons (Fsp3) is 0.906. The van der Waals surface area contributed by atoms with Crippen LogP contribution in [0.4, 0.5) is 8.78 Å². The van der Waals surface area contributed by atoms with Crippen molar-refractivity contribution in [3.63, 3.8) is 0 Å². The van der Waals surface area contributed by atoms with Crippen molar-refractivity contribution in [2.75, 3.05) is 65.4 Å². The number of rotatable bonds is 9. The normalized spacial score (nSPS) is 39.8. The van der Waals surface area contributed by atoms with Gasteiger partial charge in [-0.25, -0.2) is 8.78 Å². The van der Waals surface area contributed by atoms with E-state index < -0.39 is 36.5 Å². The highest BCUT2D eigenvalue weighted by molar-refractivity contribution is 6.04. The monoisotopic (exact) mass is 622 g/mol. The highest BCUT2D eigenvalue weighted by atomic mass is 19.1. The molecule has 0 radical (unpaired) electrons. The standard InChI is InChI=1S/C32H56F2N8O2/c1-4-6-22(7-5-2)25-16-23(33)17-37-21(3)27(29(35)38-25)30(43)39-26-19-36-18-24(34)28(26)41-12-14-42(15-13-41)31(44)32-8-10-40(20-32)11-9-32/h22-29,36,38H,4-20,35H2,1-3H3,(H,39,43)/b37-21+. The quantitative estimate of drug-likeness (QED) is 0.306. The predicted molar refractivity (Wildman–Crippen MR) is 169 cm³/mol. The summed E-state index contributed by atoms with van der Waals surface area (Å²) >= 11 is 0. The minimum absolute atomic E-state index is 0.00790. The molecule has 250 valence electrons. The third kappa shape index (κ3) is 7.29. The Bertz CT molecular complexity index is 1010. The molecule has 0 aromatic carbocycles. The smallest absolute Gasteiger partial charge is 0.232 e. The topological polar surface area (TPSA) is 118 Å². The maximum absolute atomic E-state index is 15.6. The zero-order valence-corrected chi connectivity index (χ0v) is 27.1. The molecule has 0 saturated carbocycles. The van der Waals surface area contributed by atoms with E-state index in [-0.39, 0.29) is 42.3 Å². The van der Waals surface area contributed by atoms with Crippen LogP contribution in [0.3, 0.4) is 0 Å². The summed E-state index contributed by atoms with van der Waals surface area (Å²) in [7, 11) is 0. The van der Waals surface area contributed by atoms with Crippen molar-refractivity contribution in [2.24, 2.45) is 28.0 Å². The van der Waals surface area contributed by atoms with Crippen molar-refractivity contribution >= 4 is 17.5 Å². The van der Waals surface area contributed by atoms with Gasteiger partial charge < -0.3 is 26.2 Å². The largest absolute Gasteiger partial charge is 0.350 e. The fourth-order valence-electron chi connectivity index (χ4n) is 8.66. The highest BCUT2D eigenvalue weighted by Crippen LogP contribution is 2.42. The number of alkyl halides is 2. The molecular weight excluding hydrogens is 566 g/mol. The summed E-state index contributed by atoms with van der Waals surface area (Å²) < 4.78 is 30.6. The van der Waals surface area contributed by atoms with Crippen molar-refractivity contribution in [3.05, 3.63) is 0 Å². The average molecular weight is 623 g/mol. The molecule has 4 saturated heterocycles. The van der Waals surface area contributed by atoms with Gasteiger partial charge in [0.15, 0.2) is 0 Å². The number of fused-ring (bicyclic) bond motifs is 2. The minimum atomic E-state index is -1.17. The lowest BCUT2D eigenvalue weighted by Crippen LogP contribution is -2.68. The number of amides is 2. The first-order valence-electron chi connectivity index (χ1n) is 17.2. The minimum Gasteiger partial charge on any atom is -0.350 e. The van der Waals surface area contributed by atoms with Crippen LogP contribution in [0.5, 0.6) is 0 Å². The number of piperidine rings is 2. The van der Waals surface area contributed by atoms with Crippen molar-refractivity contribution in [3.8, 4) is 0 Å². The molecule has 5 aliphatic rings. The van der Waals surface area contributed by atoms with Crippen LogP contribution in [-0.2, 0) is 9.59 Å². The first-order chi connectivity index (χ1) is 21.2. The lowest BCUT2D eigenvalue weighted by Gasteiger charge is -2.47. The summed E-state index contributed by atoms with van der Waals surface area (Å²) in [5.41, 5.74) is 6.96. The highest BCUT2D eigenvalue weighted by Gasteiger charge is 2.51. The van der Waals surface area contributed by atoms with Gasteiger partial charge in [-0.05, 0) is 58.0 Å². The lowest BCUT2D eigenvalue weighted by atomic mass is 9.83. The van der Waals surface area contributed by atoms with Crippen LogP contribution in [0.25, 0.3) is 0 Å². The Morgan fingerprint density at radius 3 is 2.36 bits per heavy atom. The van der Waals surface area contributed by atoms with E-state index in [1.165, 1.54) is 0 Å². The Kier molecular flexibility index (Phi) is 11.3. The molecule has 4 fully saturated rings. The summed E-state index contributed by atoms with van der Waals surface area (Å²) in [6.07, 6.45) is 3.09. The van der Waals surface area contributed by atoms with Crippen LogP contribution in [0.15, 0.2) is 4.99 Å². The molecule has 12 heteroatoms. The zero-order valence-electron chi connectivity index (χ0n) is 27.1. The van der Waals surface area contributed by atoms with Gasteiger partial charge in [0.1, 0.15) is 18.3 Å². The summed E-state index contributed by atoms with van der Waals surface area (Å²) in [6.45, 7) is 11.8. The molecule has 7 atom stereocenters. The molecule has 10 nitrogen and oxygen atoms in total. The van der Waals surface area contributed by atoms with E-state index in [1.807, 2.05) is 4.90 Å². The van der Waals surface area contributed by atoms with Crippen LogP contribution in [0.1, 0.15) is 65.7 Å². The number of hydrogen-bond acceptors (Lipinski definition) is 8. The predicted octanol–water partition coefficient (Wildman–Crippen LogP) is 1.30. The van der Waals surface area contributed by atoms with Gasteiger partial charge in [0.2, 0.25) is 11.8 Å². The second-order valence-electron chi connectivity index (χ2n) is 14.1. The van der Waals surface area contributed by atoms with Crippen molar-refractivity contribution in [2.45, 2.75) is 102 Å². The van der Waals surface area contributed by atoms with Gasteiger partial charge >= 0.3 is 0 Å². The number of nitrogens with one attached hydrogen (secondary N) is 3. The molecule has 5 N–H and O–H groups in total. The van der Waals surface area contributed by atoms with Gasteiger partial charge in [-0.3, -0.25) is 24.8 Å². The summed E-state index contributed by atoms with van der Waals surface area (Å²) in [6, 6.07) is -1.13. The van der Waals surface area contributed by atoms with E-state index in [0.29, 0.717) is 44.9 Å². The first kappa shape index (κ1) is 33.6. The SMILES string of the molecule is CCCC(CCC)C1CC(F)C/N=C(\C)C(C(=O)NC2CNCC(F)C2N2CCN(C(=O)C34CCN(CC3)C4)CC2)C(N)N1. The number of nitrogens with two attached hydrogens (primary N) is 1. The van der Waals surface area contributed by atoms with Gasteiger partial charge in [-0.1, -0.05) is 26.7 Å². The maximum atomic E-state index is 15.6. The van der Waals surface area contributed by atoms with Crippen molar-refractivity contribution in [1.82, 2.24) is 30.7 Å². The van der Waals surface area contributed by atoms with Crippen molar-refractivity contribution in [1.29, 1.82) is 0 Å². The number of piperazine rings is 1. The number of nitrogens with zero attached hydrogens (tertiary/aromatic N) is 4. The molecule has 5 heterocycles. The number of carbonyl (C=O) groups is 2. The average Bonchev–Trinajstić information content (AvgIpc) is 3.63. The third-order valence-electron chi connectivity index (χ3n) is 11.1. The van der Waals surface area contributed by atoms with Gasteiger partial charge in [-0.15, -0.1) is 0 Å². The second kappa shape index (κ2) is 14.8. The lowest BCUT2D eigenvalue weighted by molar-refractivity contribution is -0.143. The third-order valence-corrected chi connectivity index (χ3v) is 11.1. The van der Waals surface area contributed by atoms with Crippen LogP contribution in [0.2, 0.25) is 0 Å². The Morgan fingerprint density at radius 2 is 1.75 bits per heavy atom. The molecule has 2 amide bonds. The molecule has 0 spiro atoms. The molecule has 2 bridgehead atoms. The Morgan fingerprint density at radius 1 is 1.07 bits per heavy atom.